The number of ether oxygens (including phenoxy) is 2. The fourth-order valence-corrected chi connectivity index (χ4v) is 4.40. The third kappa shape index (κ3) is 5.55. The van der Waals surface area contributed by atoms with Crippen molar-refractivity contribution in [1.29, 1.82) is 0 Å². The molecule has 0 N–H and O–H groups in total. The number of methoxy groups -OCH3 is 1. The van der Waals surface area contributed by atoms with Crippen molar-refractivity contribution < 1.29 is 23.5 Å². The van der Waals surface area contributed by atoms with E-state index in [-0.39, 0.29) is 24.2 Å². The van der Waals surface area contributed by atoms with Gasteiger partial charge >= 0.3 is 0 Å². The van der Waals surface area contributed by atoms with E-state index >= 15 is 0 Å². The van der Waals surface area contributed by atoms with Crippen molar-refractivity contribution in [2.24, 2.45) is 0 Å². The number of imide groups is 1. The predicted molar refractivity (Wildman–Crippen MR) is 132 cm³/mol. The van der Waals surface area contributed by atoms with Crippen LogP contribution in [0.5, 0.6) is 11.5 Å². The quantitative estimate of drug-likeness (QED) is 0.317. The van der Waals surface area contributed by atoms with E-state index in [0.717, 1.165) is 22.2 Å². The van der Waals surface area contributed by atoms with Gasteiger partial charge in [-0.05, 0) is 70.9 Å². The van der Waals surface area contributed by atoms with Crippen LogP contribution in [0, 0.1) is 5.82 Å². The van der Waals surface area contributed by atoms with E-state index in [1.165, 1.54) is 19.2 Å². The van der Waals surface area contributed by atoms with E-state index in [4.69, 9.17) is 32.7 Å². The van der Waals surface area contributed by atoms with Crippen molar-refractivity contribution in [3.63, 3.8) is 0 Å². The number of rotatable bonds is 7. The SMILES string of the molecule is COc1ccc(/C=C2\SC(=O)N(Cc3ccc(Cl)c(Cl)c3)C2=O)cc1OCc1ccc(F)cc1. The van der Waals surface area contributed by atoms with Crippen molar-refractivity contribution in [2.75, 3.05) is 7.11 Å². The molecule has 1 aliphatic rings. The fourth-order valence-electron chi connectivity index (χ4n) is 3.25. The molecular formula is C25H18Cl2FNO4S. The summed E-state index contributed by atoms with van der Waals surface area (Å²) in [5.74, 6) is 0.240. The Kier molecular flexibility index (Phi) is 7.46. The summed E-state index contributed by atoms with van der Waals surface area (Å²) in [6.07, 6.45) is 1.63. The Morgan fingerprint density at radius 1 is 0.941 bits per heavy atom. The molecule has 0 aromatic heterocycles. The summed E-state index contributed by atoms with van der Waals surface area (Å²) in [6.45, 7) is 0.299. The van der Waals surface area contributed by atoms with Crippen LogP contribution < -0.4 is 9.47 Å². The number of nitrogens with zero attached hydrogens (tertiary/aromatic N) is 1. The smallest absolute Gasteiger partial charge is 0.293 e. The first-order valence-electron chi connectivity index (χ1n) is 10.1. The highest BCUT2D eigenvalue weighted by atomic mass is 35.5. The van der Waals surface area contributed by atoms with E-state index in [2.05, 4.69) is 0 Å². The second kappa shape index (κ2) is 10.5. The molecule has 9 heteroatoms. The molecule has 4 rings (SSSR count). The lowest BCUT2D eigenvalue weighted by atomic mass is 10.1. The number of halogens is 3. The number of hydrogen-bond acceptors (Lipinski definition) is 5. The van der Waals surface area contributed by atoms with Gasteiger partial charge in [0, 0.05) is 0 Å². The molecule has 1 saturated heterocycles. The summed E-state index contributed by atoms with van der Waals surface area (Å²) in [5.41, 5.74) is 2.14. The average molecular weight is 518 g/mol. The molecule has 0 radical (unpaired) electrons. The zero-order valence-electron chi connectivity index (χ0n) is 17.9. The van der Waals surface area contributed by atoms with E-state index in [1.54, 1.807) is 54.6 Å². The van der Waals surface area contributed by atoms with E-state index in [0.29, 0.717) is 37.6 Å². The molecule has 0 saturated carbocycles. The topological polar surface area (TPSA) is 55.8 Å². The highest BCUT2D eigenvalue weighted by molar-refractivity contribution is 8.18. The standard InChI is InChI=1S/C25H18Cl2FNO4S/c1-32-21-9-5-16(11-22(21)33-14-15-2-6-18(28)7-3-15)12-23-24(30)29(25(31)34-23)13-17-4-8-19(26)20(27)10-17/h2-12H,13-14H2,1H3/b23-12-. The zero-order chi connectivity index (χ0) is 24.2. The maximum atomic E-state index is 13.1. The van der Waals surface area contributed by atoms with Crippen molar-refractivity contribution in [3.05, 3.63) is 98.1 Å². The van der Waals surface area contributed by atoms with Crippen LogP contribution in [0.3, 0.4) is 0 Å². The monoisotopic (exact) mass is 517 g/mol. The van der Waals surface area contributed by atoms with Gasteiger partial charge in [0.05, 0.1) is 28.6 Å². The lowest BCUT2D eigenvalue weighted by Gasteiger charge is -2.13. The molecule has 3 aromatic rings. The van der Waals surface area contributed by atoms with Crippen LogP contribution in [0.1, 0.15) is 16.7 Å². The largest absolute Gasteiger partial charge is 0.493 e. The summed E-state index contributed by atoms with van der Waals surface area (Å²) >= 11 is 12.8. The molecule has 0 atom stereocenters. The molecular weight excluding hydrogens is 500 g/mol. The Bertz CT molecular complexity index is 1280. The van der Waals surface area contributed by atoms with Crippen LogP contribution in [-0.2, 0) is 17.9 Å². The van der Waals surface area contributed by atoms with Crippen molar-refractivity contribution in [3.8, 4) is 11.5 Å². The average Bonchev–Trinajstić information content (AvgIpc) is 3.08. The minimum absolute atomic E-state index is 0.0908. The third-order valence-corrected chi connectivity index (χ3v) is 6.64. The third-order valence-electron chi connectivity index (χ3n) is 4.99. The van der Waals surface area contributed by atoms with E-state index in [1.807, 2.05) is 0 Å². The number of thioether (sulfide) groups is 1. The van der Waals surface area contributed by atoms with Gasteiger partial charge in [-0.15, -0.1) is 0 Å². The second-order valence-electron chi connectivity index (χ2n) is 7.34. The Morgan fingerprint density at radius 3 is 2.38 bits per heavy atom. The maximum Gasteiger partial charge on any atom is 0.293 e. The molecule has 0 spiro atoms. The Balaban J connectivity index is 1.51. The molecule has 1 aliphatic heterocycles. The lowest BCUT2D eigenvalue weighted by molar-refractivity contribution is -0.123. The summed E-state index contributed by atoms with van der Waals surface area (Å²) < 4.78 is 24.3. The number of carbonyl (C=O) groups is 2. The van der Waals surface area contributed by atoms with Gasteiger partial charge in [0.15, 0.2) is 11.5 Å². The number of carbonyl (C=O) groups excluding carboxylic acids is 2. The fraction of sp³-hybridized carbons (Fsp3) is 0.120. The number of hydrogen-bond donors (Lipinski definition) is 0. The molecule has 34 heavy (non-hydrogen) atoms. The van der Waals surface area contributed by atoms with Crippen LogP contribution in [0.25, 0.3) is 6.08 Å². The number of benzene rings is 3. The first-order chi connectivity index (χ1) is 16.3. The Hall–Kier alpha value is -3.00. The highest BCUT2D eigenvalue weighted by Gasteiger charge is 2.35. The molecule has 0 unspecified atom stereocenters. The summed E-state index contributed by atoms with van der Waals surface area (Å²) in [4.78, 5) is 26.8. The minimum Gasteiger partial charge on any atom is -0.493 e. The lowest BCUT2D eigenvalue weighted by Crippen LogP contribution is -2.27. The van der Waals surface area contributed by atoms with Crippen LogP contribution in [0.15, 0.2) is 65.6 Å². The van der Waals surface area contributed by atoms with Gasteiger partial charge < -0.3 is 9.47 Å². The van der Waals surface area contributed by atoms with Gasteiger partial charge in [0.25, 0.3) is 11.1 Å². The van der Waals surface area contributed by atoms with Crippen LogP contribution in [0.4, 0.5) is 9.18 Å². The second-order valence-corrected chi connectivity index (χ2v) is 9.15. The normalized spacial score (nSPS) is 14.7. The molecule has 1 heterocycles. The molecule has 174 valence electrons. The maximum absolute atomic E-state index is 13.1. The molecule has 3 aromatic carbocycles. The van der Waals surface area contributed by atoms with E-state index < -0.39 is 5.91 Å². The summed E-state index contributed by atoms with van der Waals surface area (Å²) in [7, 11) is 1.52. The van der Waals surface area contributed by atoms with Gasteiger partial charge in [-0.25, -0.2) is 4.39 Å². The molecule has 1 fully saturated rings. The van der Waals surface area contributed by atoms with Gasteiger partial charge in [0.1, 0.15) is 12.4 Å². The first kappa shape index (κ1) is 24.1. The van der Waals surface area contributed by atoms with Gasteiger partial charge in [-0.3, -0.25) is 14.5 Å². The highest BCUT2D eigenvalue weighted by Crippen LogP contribution is 2.36. The van der Waals surface area contributed by atoms with Crippen molar-refractivity contribution >= 4 is 52.2 Å². The zero-order valence-corrected chi connectivity index (χ0v) is 20.2. The van der Waals surface area contributed by atoms with Crippen molar-refractivity contribution in [2.45, 2.75) is 13.2 Å². The Morgan fingerprint density at radius 2 is 1.68 bits per heavy atom. The van der Waals surface area contributed by atoms with Crippen LogP contribution >= 0.6 is 35.0 Å². The first-order valence-corrected chi connectivity index (χ1v) is 11.7. The molecule has 0 bridgehead atoms. The summed E-state index contributed by atoms with van der Waals surface area (Å²) in [6, 6.07) is 16.2. The molecule has 5 nitrogen and oxygen atoms in total. The predicted octanol–water partition coefficient (Wildman–Crippen LogP) is 6.96. The Labute approximate surface area is 210 Å². The van der Waals surface area contributed by atoms with Crippen LogP contribution in [-0.4, -0.2) is 23.2 Å². The van der Waals surface area contributed by atoms with Gasteiger partial charge in [-0.2, -0.15) is 0 Å². The number of amides is 2. The van der Waals surface area contributed by atoms with Crippen molar-refractivity contribution in [1.82, 2.24) is 4.90 Å². The molecule has 2 amide bonds. The molecule has 0 aliphatic carbocycles. The minimum atomic E-state index is -0.398. The van der Waals surface area contributed by atoms with Gasteiger partial charge in [0.2, 0.25) is 0 Å². The van der Waals surface area contributed by atoms with E-state index in [9.17, 15) is 14.0 Å². The van der Waals surface area contributed by atoms with Gasteiger partial charge in [-0.1, -0.05) is 47.5 Å². The summed E-state index contributed by atoms with van der Waals surface area (Å²) in [5, 5.41) is 0.383. The van der Waals surface area contributed by atoms with Crippen LogP contribution in [0.2, 0.25) is 10.0 Å².